The molecule has 0 spiro atoms. The highest BCUT2D eigenvalue weighted by atomic mass is 19.1. The normalized spacial score (nSPS) is 10.1. The smallest absolute Gasteiger partial charge is 0.344 e. The van der Waals surface area contributed by atoms with E-state index in [2.05, 4.69) is 4.98 Å². The highest BCUT2D eigenvalue weighted by molar-refractivity contribution is 5.71. The van der Waals surface area contributed by atoms with Crippen molar-refractivity contribution in [1.82, 2.24) is 4.98 Å². The van der Waals surface area contributed by atoms with Crippen molar-refractivity contribution < 1.29 is 18.7 Å². The molecule has 0 aliphatic heterocycles. The number of rotatable bonds is 5. The number of benzene rings is 1. The summed E-state index contributed by atoms with van der Waals surface area (Å²) in [6, 6.07) is 8.07. The Kier molecular flexibility index (Phi) is 4.49. The van der Waals surface area contributed by atoms with Gasteiger partial charge in [0.25, 0.3) is 0 Å². The largest absolute Gasteiger partial charge is 0.480 e. The fourth-order valence-corrected chi connectivity index (χ4v) is 1.49. The lowest BCUT2D eigenvalue weighted by Gasteiger charge is -2.08. The predicted molar refractivity (Wildman–Crippen MR) is 70.3 cm³/mol. The molecule has 0 fully saturated rings. The molecule has 5 nitrogen and oxygen atoms in total. The molecule has 0 atom stereocenters. The quantitative estimate of drug-likeness (QED) is 0.667. The number of aromatic nitrogens is 1. The van der Waals surface area contributed by atoms with Crippen LogP contribution in [0.5, 0.6) is 5.75 Å². The Labute approximate surface area is 115 Å². The number of pyridine rings is 1. The van der Waals surface area contributed by atoms with Crippen molar-refractivity contribution in [2.45, 2.75) is 6.61 Å². The predicted octanol–water partition coefficient (Wildman–Crippen LogP) is 1.93. The van der Waals surface area contributed by atoms with Crippen LogP contribution in [0.2, 0.25) is 0 Å². The van der Waals surface area contributed by atoms with Crippen LogP contribution >= 0.6 is 0 Å². The maximum absolute atomic E-state index is 12.9. The van der Waals surface area contributed by atoms with Gasteiger partial charge in [0.2, 0.25) is 0 Å². The average Bonchev–Trinajstić information content (AvgIpc) is 2.44. The van der Waals surface area contributed by atoms with Gasteiger partial charge in [-0.2, -0.15) is 0 Å². The number of carbonyl (C=O) groups is 1. The molecule has 0 aliphatic rings. The van der Waals surface area contributed by atoms with E-state index in [-0.39, 0.29) is 13.2 Å². The van der Waals surface area contributed by atoms with Crippen LogP contribution in [-0.4, -0.2) is 17.6 Å². The molecule has 1 heterocycles. The minimum atomic E-state index is -0.572. The van der Waals surface area contributed by atoms with E-state index in [0.717, 1.165) is 6.20 Å². The van der Waals surface area contributed by atoms with Crippen LogP contribution in [0.3, 0.4) is 0 Å². The molecule has 1 aromatic carbocycles. The summed E-state index contributed by atoms with van der Waals surface area (Å²) in [5.41, 5.74) is 6.57. The van der Waals surface area contributed by atoms with Crippen LogP contribution < -0.4 is 10.5 Å². The molecule has 2 N–H and O–H groups in total. The standard InChI is InChI=1S/C14H13FN2O3/c15-11-5-10(6-17-7-11)8-20-14(18)9-19-13-4-2-1-3-12(13)16/h1-7H,8-9,16H2. The molecule has 0 saturated carbocycles. The van der Waals surface area contributed by atoms with Crippen LogP contribution in [0.4, 0.5) is 10.1 Å². The number of halogens is 1. The summed E-state index contributed by atoms with van der Waals surface area (Å²) < 4.78 is 23.0. The van der Waals surface area contributed by atoms with Gasteiger partial charge in [-0.25, -0.2) is 9.18 Å². The third-order valence-electron chi connectivity index (χ3n) is 2.43. The number of nitrogens with two attached hydrogens (primary N) is 1. The highest BCUT2D eigenvalue weighted by Gasteiger charge is 2.07. The number of nitrogens with zero attached hydrogens (tertiary/aromatic N) is 1. The summed E-state index contributed by atoms with van der Waals surface area (Å²) >= 11 is 0. The molecule has 0 bridgehead atoms. The van der Waals surface area contributed by atoms with Crippen LogP contribution in [-0.2, 0) is 16.1 Å². The fourth-order valence-electron chi connectivity index (χ4n) is 1.49. The lowest BCUT2D eigenvalue weighted by Crippen LogP contribution is -2.15. The van der Waals surface area contributed by atoms with Gasteiger partial charge in [0.05, 0.1) is 11.9 Å². The molecule has 0 amide bonds. The van der Waals surface area contributed by atoms with Gasteiger partial charge in [-0.05, 0) is 18.2 Å². The summed E-state index contributed by atoms with van der Waals surface area (Å²) in [5.74, 6) is -0.638. The lowest BCUT2D eigenvalue weighted by atomic mass is 10.3. The van der Waals surface area contributed by atoms with Gasteiger partial charge in [0.15, 0.2) is 6.61 Å². The summed E-state index contributed by atoms with van der Waals surface area (Å²) in [7, 11) is 0. The van der Waals surface area contributed by atoms with Gasteiger partial charge in [0, 0.05) is 11.8 Å². The molecule has 2 aromatic rings. The van der Waals surface area contributed by atoms with Crippen molar-refractivity contribution in [1.29, 1.82) is 0 Å². The number of carbonyl (C=O) groups excluding carboxylic acids is 1. The summed E-state index contributed by atoms with van der Waals surface area (Å²) in [4.78, 5) is 15.1. The minimum absolute atomic E-state index is 0.0583. The highest BCUT2D eigenvalue weighted by Crippen LogP contribution is 2.19. The van der Waals surface area contributed by atoms with Crippen molar-refractivity contribution in [3.63, 3.8) is 0 Å². The molecule has 2 rings (SSSR count). The molecule has 0 aliphatic carbocycles. The summed E-state index contributed by atoms with van der Waals surface area (Å²) in [6.45, 7) is -0.325. The fraction of sp³-hybridized carbons (Fsp3) is 0.143. The second kappa shape index (κ2) is 6.51. The third kappa shape index (κ3) is 3.94. The van der Waals surface area contributed by atoms with Crippen molar-refractivity contribution in [2.24, 2.45) is 0 Å². The molecular formula is C14H13FN2O3. The second-order valence-electron chi connectivity index (χ2n) is 4.00. The van der Waals surface area contributed by atoms with Crippen LogP contribution in [0.1, 0.15) is 5.56 Å². The number of para-hydroxylation sites is 2. The van der Waals surface area contributed by atoms with Gasteiger partial charge < -0.3 is 15.2 Å². The van der Waals surface area contributed by atoms with E-state index in [1.807, 2.05) is 0 Å². The van der Waals surface area contributed by atoms with E-state index in [9.17, 15) is 9.18 Å². The van der Waals surface area contributed by atoms with E-state index >= 15 is 0 Å². The molecule has 0 saturated heterocycles. The number of hydrogen-bond donors (Lipinski definition) is 1. The number of nitrogen functional groups attached to an aromatic ring is 1. The molecule has 1 aromatic heterocycles. The second-order valence-corrected chi connectivity index (χ2v) is 4.00. The summed E-state index contributed by atoms with van der Waals surface area (Å²) in [5, 5.41) is 0. The van der Waals surface area contributed by atoms with Gasteiger partial charge >= 0.3 is 5.97 Å². The number of esters is 1. The molecule has 0 unspecified atom stereocenters. The Balaban J connectivity index is 1.80. The Morgan fingerprint density at radius 3 is 2.85 bits per heavy atom. The van der Waals surface area contributed by atoms with Crippen LogP contribution in [0.15, 0.2) is 42.7 Å². The first-order valence-corrected chi connectivity index (χ1v) is 5.87. The van der Waals surface area contributed by atoms with Crippen LogP contribution in [0.25, 0.3) is 0 Å². The first kappa shape index (κ1) is 13.8. The van der Waals surface area contributed by atoms with Crippen LogP contribution in [0, 0.1) is 5.82 Å². The monoisotopic (exact) mass is 276 g/mol. The summed E-state index contributed by atoms with van der Waals surface area (Å²) in [6.07, 6.45) is 2.50. The topological polar surface area (TPSA) is 74.4 Å². The van der Waals surface area contributed by atoms with Crippen molar-refractivity contribution in [3.8, 4) is 5.75 Å². The molecular weight excluding hydrogens is 263 g/mol. The van der Waals surface area contributed by atoms with Gasteiger partial charge in [-0.15, -0.1) is 0 Å². The minimum Gasteiger partial charge on any atom is -0.480 e. The zero-order chi connectivity index (χ0) is 14.4. The first-order chi connectivity index (χ1) is 9.65. The van der Waals surface area contributed by atoms with Gasteiger partial charge in [-0.3, -0.25) is 4.98 Å². The third-order valence-corrected chi connectivity index (χ3v) is 2.43. The van der Waals surface area contributed by atoms with Gasteiger partial charge in [0.1, 0.15) is 18.2 Å². The Hall–Kier alpha value is -2.63. The maximum Gasteiger partial charge on any atom is 0.344 e. The van der Waals surface area contributed by atoms with E-state index in [0.29, 0.717) is 17.0 Å². The molecule has 0 radical (unpaired) electrons. The van der Waals surface area contributed by atoms with E-state index in [1.54, 1.807) is 24.3 Å². The van der Waals surface area contributed by atoms with E-state index in [4.69, 9.17) is 15.2 Å². The van der Waals surface area contributed by atoms with E-state index < -0.39 is 11.8 Å². The van der Waals surface area contributed by atoms with Gasteiger partial charge in [-0.1, -0.05) is 12.1 Å². The Bertz CT molecular complexity index is 604. The van der Waals surface area contributed by atoms with Crippen molar-refractivity contribution >= 4 is 11.7 Å². The molecule has 6 heteroatoms. The van der Waals surface area contributed by atoms with Crippen molar-refractivity contribution in [2.75, 3.05) is 12.3 Å². The Morgan fingerprint density at radius 2 is 2.10 bits per heavy atom. The zero-order valence-corrected chi connectivity index (χ0v) is 10.6. The SMILES string of the molecule is Nc1ccccc1OCC(=O)OCc1cncc(F)c1. The number of anilines is 1. The molecule has 104 valence electrons. The molecule has 20 heavy (non-hydrogen) atoms. The average molecular weight is 276 g/mol. The van der Waals surface area contributed by atoms with E-state index in [1.165, 1.54) is 12.3 Å². The zero-order valence-electron chi connectivity index (χ0n) is 10.6. The Morgan fingerprint density at radius 1 is 1.30 bits per heavy atom. The lowest BCUT2D eigenvalue weighted by molar-refractivity contribution is -0.147. The van der Waals surface area contributed by atoms with Crippen molar-refractivity contribution in [3.05, 3.63) is 54.1 Å². The maximum atomic E-state index is 12.9. The number of ether oxygens (including phenoxy) is 2. The first-order valence-electron chi connectivity index (χ1n) is 5.87. The number of hydrogen-bond acceptors (Lipinski definition) is 5.